The molecule has 118 valence electrons. The predicted molar refractivity (Wildman–Crippen MR) is 83.9 cm³/mol. The first-order valence-corrected chi connectivity index (χ1v) is 7.95. The summed E-state index contributed by atoms with van der Waals surface area (Å²) in [4.78, 5) is 2.37. The van der Waals surface area contributed by atoms with Gasteiger partial charge in [-0.2, -0.15) is 0 Å². The number of nitrogens with zero attached hydrogens (tertiary/aromatic N) is 1. The molecule has 1 aliphatic heterocycles. The van der Waals surface area contributed by atoms with Crippen LogP contribution in [0.25, 0.3) is 0 Å². The Morgan fingerprint density at radius 3 is 2.57 bits per heavy atom. The average Bonchev–Trinajstić information content (AvgIpc) is 2.43. The molecule has 1 aliphatic rings. The van der Waals surface area contributed by atoms with Gasteiger partial charge in [0.1, 0.15) is 5.82 Å². The van der Waals surface area contributed by atoms with Crippen molar-refractivity contribution < 1.29 is 9.13 Å². The van der Waals surface area contributed by atoms with Crippen molar-refractivity contribution in [1.29, 1.82) is 0 Å². The zero-order valence-corrected chi connectivity index (χ0v) is 13.3. The number of hydrogen-bond donors (Lipinski definition) is 1. The fourth-order valence-corrected chi connectivity index (χ4v) is 3.04. The van der Waals surface area contributed by atoms with Crippen molar-refractivity contribution in [3.63, 3.8) is 0 Å². The number of hydrogen-bond acceptors (Lipinski definition) is 3. The Morgan fingerprint density at radius 1 is 1.29 bits per heavy atom. The zero-order valence-electron chi connectivity index (χ0n) is 13.3. The van der Waals surface area contributed by atoms with E-state index in [1.165, 1.54) is 0 Å². The summed E-state index contributed by atoms with van der Waals surface area (Å²) in [6.07, 6.45) is 1.52. The molecular formula is C17H27FN2O. The molecule has 1 N–H and O–H groups in total. The highest BCUT2D eigenvalue weighted by Gasteiger charge is 2.25. The van der Waals surface area contributed by atoms with Crippen molar-refractivity contribution in [2.45, 2.75) is 45.4 Å². The second-order valence-electron chi connectivity index (χ2n) is 6.00. The van der Waals surface area contributed by atoms with E-state index >= 15 is 0 Å². The normalized spacial score (nSPS) is 25.0. The third-order valence-electron chi connectivity index (χ3n) is 3.86. The number of nitrogens with one attached hydrogen (secondary N) is 1. The predicted octanol–water partition coefficient (Wildman–Crippen LogP) is 2.98. The van der Waals surface area contributed by atoms with Crippen LogP contribution in [0, 0.1) is 5.82 Å². The van der Waals surface area contributed by atoms with Gasteiger partial charge in [-0.25, -0.2) is 4.39 Å². The minimum absolute atomic E-state index is 0.0312. The van der Waals surface area contributed by atoms with Crippen molar-refractivity contribution in [3.05, 3.63) is 35.6 Å². The van der Waals surface area contributed by atoms with E-state index in [9.17, 15) is 4.39 Å². The molecule has 0 radical (unpaired) electrons. The Morgan fingerprint density at radius 2 is 1.95 bits per heavy atom. The molecule has 0 aliphatic carbocycles. The first kappa shape index (κ1) is 16.4. The van der Waals surface area contributed by atoms with Crippen molar-refractivity contribution in [1.82, 2.24) is 10.2 Å². The second-order valence-corrected chi connectivity index (χ2v) is 6.00. The molecule has 0 bridgehead atoms. The van der Waals surface area contributed by atoms with Gasteiger partial charge in [-0.1, -0.05) is 25.1 Å². The lowest BCUT2D eigenvalue weighted by Crippen LogP contribution is -2.48. The van der Waals surface area contributed by atoms with Crippen molar-refractivity contribution >= 4 is 0 Å². The van der Waals surface area contributed by atoms with Gasteiger partial charge in [-0.3, -0.25) is 4.90 Å². The van der Waals surface area contributed by atoms with Crippen LogP contribution in [0.1, 0.15) is 38.8 Å². The van der Waals surface area contributed by atoms with Gasteiger partial charge in [0.05, 0.1) is 12.2 Å². The Bertz CT molecular complexity index is 431. The van der Waals surface area contributed by atoms with Crippen molar-refractivity contribution in [2.75, 3.05) is 26.2 Å². The van der Waals surface area contributed by atoms with Crippen LogP contribution in [0.15, 0.2) is 24.3 Å². The van der Waals surface area contributed by atoms with Crippen LogP contribution >= 0.6 is 0 Å². The highest BCUT2D eigenvalue weighted by atomic mass is 19.1. The summed E-state index contributed by atoms with van der Waals surface area (Å²) in [6.45, 7) is 9.85. The van der Waals surface area contributed by atoms with E-state index < -0.39 is 0 Å². The molecule has 1 aromatic rings. The first-order valence-electron chi connectivity index (χ1n) is 7.95. The number of rotatable bonds is 6. The molecule has 1 heterocycles. The Hall–Kier alpha value is -0.970. The van der Waals surface area contributed by atoms with Gasteiger partial charge in [0, 0.05) is 31.2 Å². The highest BCUT2D eigenvalue weighted by molar-refractivity contribution is 5.21. The third kappa shape index (κ3) is 4.77. The van der Waals surface area contributed by atoms with Gasteiger partial charge in [0.15, 0.2) is 0 Å². The molecule has 4 heteroatoms. The van der Waals surface area contributed by atoms with E-state index in [2.05, 4.69) is 31.0 Å². The fraction of sp³-hybridized carbons (Fsp3) is 0.647. The summed E-state index contributed by atoms with van der Waals surface area (Å²) in [7, 11) is 0. The smallest absolute Gasteiger partial charge is 0.128 e. The number of ether oxygens (including phenoxy) is 1. The average molecular weight is 294 g/mol. The van der Waals surface area contributed by atoms with E-state index in [4.69, 9.17) is 4.74 Å². The molecule has 3 atom stereocenters. The van der Waals surface area contributed by atoms with Gasteiger partial charge in [0.2, 0.25) is 0 Å². The molecule has 1 saturated heterocycles. The number of benzene rings is 1. The summed E-state index contributed by atoms with van der Waals surface area (Å²) in [5.41, 5.74) is 0.762. The Balaban J connectivity index is 2.07. The van der Waals surface area contributed by atoms with Gasteiger partial charge in [-0.15, -0.1) is 0 Å². The van der Waals surface area contributed by atoms with E-state index in [1.807, 2.05) is 12.1 Å². The highest BCUT2D eigenvalue weighted by Crippen LogP contribution is 2.20. The molecule has 3 nitrogen and oxygen atoms in total. The van der Waals surface area contributed by atoms with Crippen molar-refractivity contribution in [3.8, 4) is 0 Å². The van der Waals surface area contributed by atoms with E-state index in [0.29, 0.717) is 0 Å². The van der Waals surface area contributed by atoms with Crippen LogP contribution in [-0.4, -0.2) is 43.3 Å². The van der Waals surface area contributed by atoms with Crippen LogP contribution in [0.3, 0.4) is 0 Å². The quantitative estimate of drug-likeness (QED) is 0.873. The molecule has 1 aromatic carbocycles. The zero-order chi connectivity index (χ0) is 15.2. The van der Waals surface area contributed by atoms with E-state index in [1.54, 1.807) is 12.1 Å². The summed E-state index contributed by atoms with van der Waals surface area (Å²) >= 11 is 0. The topological polar surface area (TPSA) is 24.5 Å². The summed E-state index contributed by atoms with van der Waals surface area (Å²) in [5.74, 6) is -0.125. The molecule has 0 amide bonds. The molecule has 0 aromatic heterocycles. The van der Waals surface area contributed by atoms with Gasteiger partial charge in [-0.05, 0) is 32.9 Å². The summed E-state index contributed by atoms with van der Waals surface area (Å²) < 4.78 is 19.9. The van der Waals surface area contributed by atoms with Gasteiger partial charge in [0.25, 0.3) is 0 Å². The van der Waals surface area contributed by atoms with E-state index in [0.717, 1.165) is 38.2 Å². The van der Waals surface area contributed by atoms with Crippen LogP contribution in [0.5, 0.6) is 0 Å². The molecule has 0 saturated carbocycles. The minimum Gasteiger partial charge on any atom is -0.373 e. The maximum absolute atomic E-state index is 14.1. The molecule has 2 rings (SSSR count). The lowest BCUT2D eigenvalue weighted by Gasteiger charge is -2.37. The monoisotopic (exact) mass is 294 g/mol. The number of halogens is 1. The van der Waals surface area contributed by atoms with Gasteiger partial charge >= 0.3 is 0 Å². The van der Waals surface area contributed by atoms with Crippen LogP contribution in [-0.2, 0) is 4.74 Å². The maximum Gasteiger partial charge on any atom is 0.128 e. The molecule has 1 unspecified atom stereocenters. The lowest BCUT2D eigenvalue weighted by atomic mass is 10.0. The van der Waals surface area contributed by atoms with Crippen LogP contribution < -0.4 is 5.32 Å². The summed E-state index contributed by atoms with van der Waals surface area (Å²) in [6, 6.07) is 7.11. The fourth-order valence-electron chi connectivity index (χ4n) is 3.04. The van der Waals surface area contributed by atoms with Crippen LogP contribution in [0.2, 0.25) is 0 Å². The summed E-state index contributed by atoms with van der Waals surface area (Å²) in [5, 5.41) is 3.48. The largest absolute Gasteiger partial charge is 0.373 e. The molecule has 1 fully saturated rings. The Labute approximate surface area is 127 Å². The number of morpholine rings is 1. The SMILES string of the molecule is CCCNC(CN1C[C@@H](C)O[C@@H](C)C1)c1ccccc1F. The Kier molecular flexibility index (Phi) is 6.15. The lowest BCUT2D eigenvalue weighted by molar-refractivity contribution is -0.0700. The third-order valence-corrected chi connectivity index (χ3v) is 3.86. The standard InChI is InChI=1S/C17H27FN2O/c1-4-9-19-17(15-7-5-6-8-16(15)18)12-20-10-13(2)21-14(3)11-20/h5-8,13-14,17,19H,4,9-12H2,1-3H3/t13-,14+,17?. The second kappa shape index (κ2) is 7.87. The molecule has 21 heavy (non-hydrogen) atoms. The molecular weight excluding hydrogens is 267 g/mol. The van der Waals surface area contributed by atoms with E-state index in [-0.39, 0.29) is 24.1 Å². The van der Waals surface area contributed by atoms with Crippen molar-refractivity contribution in [2.24, 2.45) is 0 Å². The minimum atomic E-state index is -0.125. The first-order chi connectivity index (χ1) is 10.1. The molecule has 0 spiro atoms. The van der Waals surface area contributed by atoms with Crippen LogP contribution in [0.4, 0.5) is 4.39 Å². The van der Waals surface area contributed by atoms with Gasteiger partial charge < -0.3 is 10.1 Å². The maximum atomic E-state index is 14.1.